The van der Waals surface area contributed by atoms with Crippen LogP contribution in [0.1, 0.15) is 54.5 Å². The van der Waals surface area contributed by atoms with Crippen molar-refractivity contribution >= 4 is 11.8 Å². The van der Waals surface area contributed by atoms with Gasteiger partial charge in [0.05, 0.1) is 11.1 Å². The molecule has 2 aromatic carbocycles. The second-order valence-corrected chi connectivity index (χ2v) is 9.82. The molecule has 37 heavy (non-hydrogen) atoms. The number of piperazine rings is 1. The Bertz CT molecular complexity index is 1110. The lowest BCUT2D eigenvalue weighted by atomic mass is 9.86. The fraction of sp³-hybridized carbons (Fsp3) is 0.481. The minimum Gasteiger partial charge on any atom is -0.342 e. The molecule has 0 unspecified atom stereocenters. The SMILES string of the molecule is CCC(CC)[C@@H]1C(=O)N[C@H](C2Cc3ccccc3C2)C(=O)N1Cc1cc(C(F)(F)F)cc(C(F)(F)F)c1. The van der Waals surface area contributed by atoms with Gasteiger partial charge >= 0.3 is 12.4 Å². The molecule has 1 fully saturated rings. The smallest absolute Gasteiger partial charge is 0.342 e. The number of amides is 2. The quantitative estimate of drug-likeness (QED) is 0.486. The summed E-state index contributed by atoms with van der Waals surface area (Å²) in [5, 5.41) is 2.84. The number of hydrogen-bond acceptors (Lipinski definition) is 2. The minimum atomic E-state index is -5.01. The number of nitrogens with zero attached hydrogens (tertiary/aromatic N) is 1. The van der Waals surface area contributed by atoms with Gasteiger partial charge in [-0.2, -0.15) is 26.3 Å². The zero-order chi connectivity index (χ0) is 27.1. The standard InChI is InChI=1S/C27H28F6N2O2/c1-3-16(4-2)23-24(36)34-22(19-11-17-7-5-6-8-18(17)12-19)25(37)35(23)14-15-9-20(26(28,29)30)13-21(10-15)27(31,32)33/h5-10,13,16,19,22-23H,3-4,11-12,14H2,1-2H3,(H,34,36)/t22-,23-/m1/s1. The number of alkyl halides is 6. The Morgan fingerprint density at radius 3 is 1.86 bits per heavy atom. The van der Waals surface area contributed by atoms with E-state index in [1.54, 1.807) is 0 Å². The third-order valence-electron chi connectivity index (χ3n) is 7.50. The molecule has 2 aliphatic rings. The van der Waals surface area contributed by atoms with Gasteiger partial charge in [-0.3, -0.25) is 9.59 Å². The van der Waals surface area contributed by atoms with E-state index in [1.807, 2.05) is 38.1 Å². The van der Waals surface area contributed by atoms with E-state index in [0.29, 0.717) is 37.8 Å². The Kier molecular flexibility index (Phi) is 7.32. The third kappa shape index (κ3) is 5.48. The van der Waals surface area contributed by atoms with Crippen molar-refractivity contribution in [2.45, 2.75) is 70.5 Å². The van der Waals surface area contributed by atoms with Crippen molar-refractivity contribution in [2.24, 2.45) is 11.8 Å². The van der Waals surface area contributed by atoms with Crippen molar-refractivity contribution in [2.75, 3.05) is 0 Å². The average molecular weight is 527 g/mol. The topological polar surface area (TPSA) is 49.4 Å². The van der Waals surface area contributed by atoms with Gasteiger partial charge in [-0.15, -0.1) is 0 Å². The molecule has 0 bridgehead atoms. The van der Waals surface area contributed by atoms with Gasteiger partial charge in [-0.05, 0) is 59.6 Å². The van der Waals surface area contributed by atoms with Gasteiger partial charge < -0.3 is 10.2 Å². The highest BCUT2D eigenvalue weighted by Crippen LogP contribution is 2.38. The largest absolute Gasteiger partial charge is 0.416 e. The molecule has 0 saturated carbocycles. The predicted molar refractivity (Wildman–Crippen MR) is 124 cm³/mol. The van der Waals surface area contributed by atoms with Crippen LogP contribution in [0.15, 0.2) is 42.5 Å². The first-order valence-electron chi connectivity index (χ1n) is 12.3. The molecule has 1 heterocycles. The molecule has 0 aromatic heterocycles. The van der Waals surface area contributed by atoms with Crippen LogP contribution in [0.3, 0.4) is 0 Å². The van der Waals surface area contributed by atoms with Crippen LogP contribution in [-0.4, -0.2) is 28.8 Å². The normalized spacial score (nSPS) is 20.9. The highest BCUT2D eigenvalue weighted by Gasteiger charge is 2.47. The lowest BCUT2D eigenvalue weighted by Crippen LogP contribution is -2.66. The number of hydrogen-bond donors (Lipinski definition) is 1. The molecule has 1 aliphatic heterocycles. The lowest BCUT2D eigenvalue weighted by molar-refractivity contribution is -0.154. The molecule has 1 saturated heterocycles. The van der Waals surface area contributed by atoms with Crippen molar-refractivity contribution in [1.82, 2.24) is 10.2 Å². The molecule has 0 spiro atoms. The highest BCUT2D eigenvalue weighted by molar-refractivity contribution is 5.97. The fourth-order valence-corrected chi connectivity index (χ4v) is 5.59. The van der Waals surface area contributed by atoms with E-state index in [0.717, 1.165) is 11.1 Å². The maximum absolute atomic E-state index is 13.8. The number of carbonyl (C=O) groups excluding carboxylic acids is 2. The van der Waals surface area contributed by atoms with Gasteiger partial charge in [0.2, 0.25) is 11.8 Å². The van der Waals surface area contributed by atoms with Crippen molar-refractivity contribution < 1.29 is 35.9 Å². The summed E-state index contributed by atoms with van der Waals surface area (Å²) in [5.74, 6) is -1.48. The first kappa shape index (κ1) is 27.0. The number of nitrogens with one attached hydrogen (secondary N) is 1. The minimum absolute atomic E-state index is 0.0607. The van der Waals surface area contributed by atoms with Crippen LogP contribution in [-0.2, 0) is 41.3 Å². The number of halogens is 6. The van der Waals surface area contributed by atoms with Crippen molar-refractivity contribution in [3.8, 4) is 0 Å². The van der Waals surface area contributed by atoms with Crippen LogP contribution in [0.2, 0.25) is 0 Å². The Balaban J connectivity index is 1.72. The summed E-state index contributed by atoms with van der Waals surface area (Å²) >= 11 is 0. The van der Waals surface area contributed by atoms with Gasteiger partial charge in [-0.25, -0.2) is 0 Å². The number of fused-ring (bicyclic) bond motifs is 1. The van der Waals surface area contributed by atoms with Crippen LogP contribution >= 0.6 is 0 Å². The first-order valence-corrected chi connectivity index (χ1v) is 12.3. The molecule has 1 aliphatic carbocycles. The first-order chi connectivity index (χ1) is 17.3. The Hall–Kier alpha value is -3.04. The zero-order valence-corrected chi connectivity index (χ0v) is 20.4. The molecule has 1 N–H and O–H groups in total. The molecular formula is C27H28F6N2O2. The van der Waals surface area contributed by atoms with Crippen molar-refractivity contribution in [1.29, 1.82) is 0 Å². The Morgan fingerprint density at radius 1 is 0.892 bits per heavy atom. The molecule has 10 heteroatoms. The molecule has 2 aromatic rings. The van der Waals surface area contributed by atoms with Gasteiger partial charge in [0.1, 0.15) is 12.1 Å². The molecule has 2 atom stereocenters. The molecule has 200 valence electrons. The Labute approximate surface area is 211 Å². The van der Waals surface area contributed by atoms with Crippen LogP contribution in [0, 0.1) is 11.8 Å². The lowest BCUT2D eigenvalue weighted by Gasteiger charge is -2.43. The third-order valence-corrected chi connectivity index (χ3v) is 7.50. The van der Waals surface area contributed by atoms with E-state index >= 15 is 0 Å². The number of benzene rings is 2. The van der Waals surface area contributed by atoms with Crippen LogP contribution in [0.25, 0.3) is 0 Å². The van der Waals surface area contributed by atoms with Crippen LogP contribution in [0.4, 0.5) is 26.3 Å². The highest BCUT2D eigenvalue weighted by atomic mass is 19.4. The van der Waals surface area contributed by atoms with E-state index in [-0.39, 0.29) is 23.5 Å². The summed E-state index contributed by atoms with van der Waals surface area (Å²) < 4.78 is 80.7. The average Bonchev–Trinajstić information content (AvgIpc) is 3.26. The van der Waals surface area contributed by atoms with Gasteiger partial charge in [-0.1, -0.05) is 51.0 Å². The molecule has 4 nitrogen and oxygen atoms in total. The molecule has 4 rings (SSSR count). The summed E-state index contributed by atoms with van der Waals surface area (Å²) in [6.45, 7) is 3.13. The van der Waals surface area contributed by atoms with Gasteiger partial charge in [0, 0.05) is 6.54 Å². The summed E-state index contributed by atoms with van der Waals surface area (Å²) in [6.07, 6.45) is -7.92. The van der Waals surface area contributed by atoms with Gasteiger partial charge in [0.25, 0.3) is 0 Å². The van der Waals surface area contributed by atoms with E-state index in [4.69, 9.17) is 0 Å². The van der Waals surface area contributed by atoms with E-state index in [2.05, 4.69) is 5.32 Å². The molecule has 0 radical (unpaired) electrons. The zero-order valence-electron chi connectivity index (χ0n) is 20.4. The Morgan fingerprint density at radius 2 is 1.41 bits per heavy atom. The van der Waals surface area contributed by atoms with Crippen molar-refractivity contribution in [3.05, 3.63) is 70.3 Å². The van der Waals surface area contributed by atoms with Crippen molar-refractivity contribution in [3.63, 3.8) is 0 Å². The summed E-state index contributed by atoms with van der Waals surface area (Å²) in [4.78, 5) is 28.3. The maximum atomic E-state index is 13.8. The molecule has 2 amide bonds. The van der Waals surface area contributed by atoms with E-state index < -0.39 is 53.9 Å². The number of rotatable bonds is 6. The van der Waals surface area contributed by atoms with E-state index in [1.165, 1.54) is 4.90 Å². The maximum Gasteiger partial charge on any atom is 0.416 e. The fourth-order valence-electron chi connectivity index (χ4n) is 5.59. The van der Waals surface area contributed by atoms with Crippen LogP contribution in [0.5, 0.6) is 0 Å². The van der Waals surface area contributed by atoms with Crippen LogP contribution < -0.4 is 5.32 Å². The predicted octanol–water partition coefficient (Wildman–Crippen LogP) is 5.77. The summed E-state index contributed by atoms with van der Waals surface area (Å²) in [6, 6.07) is 7.04. The monoisotopic (exact) mass is 526 g/mol. The van der Waals surface area contributed by atoms with Gasteiger partial charge in [0.15, 0.2) is 0 Å². The van der Waals surface area contributed by atoms with E-state index in [9.17, 15) is 35.9 Å². The molecular weight excluding hydrogens is 498 g/mol. The second-order valence-electron chi connectivity index (χ2n) is 9.82. The summed E-state index contributed by atoms with van der Waals surface area (Å²) in [5.41, 5.74) is -1.12. The number of carbonyl (C=O) groups is 2. The second kappa shape index (κ2) is 10.0. The summed E-state index contributed by atoms with van der Waals surface area (Å²) in [7, 11) is 0.